The van der Waals surface area contributed by atoms with Crippen LogP contribution in [0.1, 0.15) is 26.7 Å². The van der Waals surface area contributed by atoms with Gasteiger partial charge in [-0.05, 0) is 25.7 Å². The molecule has 0 aliphatic carbocycles. The largest absolute Gasteiger partial charge is 0.379 e. The molecule has 0 radical (unpaired) electrons. The van der Waals surface area contributed by atoms with E-state index in [1.807, 2.05) is 6.08 Å². The maximum Gasteiger partial charge on any atom is 0.193 e. The molecule has 1 unspecified atom stereocenters. The van der Waals surface area contributed by atoms with Crippen LogP contribution in [0.15, 0.2) is 17.6 Å². The molecular formula is C17H34N4O. The van der Waals surface area contributed by atoms with Gasteiger partial charge in [0.25, 0.3) is 0 Å². The van der Waals surface area contributed by atoms with E-state index >= 15 is 0 Å². The fourth-order valence-electron chi connectivity index (χ4n) is 2.57. The molecule has 0 amide bonds. The maximum absolute atomic E-state index is 5.40. The molecule has 0 bridgehead atoms. The minimum atomic E-state index is 0.563. The van der Waals surface area contributed by atoms with Crippen LogP contribution in [-0.2, 0) is 4.74 Å². The molecule has 1 heterocycles. The summed E-state index contributed by atoms with van der Waals surface area (Å²) in [7, 11) is 2.11. The number of ether oxygens (including phenoxy) is 1. The second-order valence-corrected chi connectivity index (χ2v) is 6.07. The second kappa shape index (κ2) is 11.5. The zero-order valence-corrected chi connectivity index (χ0v) is 14.7. The lowest BCUT2D eigenvalue weighted by molar-refractivity contribution is 0.0323. The molecule has 0 spiro atoms. The standard InChI is InChI=1S/C17H34N4O/c1-5-7-8-9-20(4)17(18-6-2)19-14-16(3)15-21-10-12-22-13-11-21/h5,16H,1,6-15H2,2-4H3,(H,18,19). The van der Waals surface area contributed by atoms with E-state index in [2.05, 4.69) is 42.6 Å². The van der Waals surface area contributed by atoms with Crippen molar-refractivity contribution in [1.29, 1.82) is 0 Å². The highest BCUT2D eigenvalue weighted by Crippen LogP contribution is 2.04. The molecule has 128 valence electrons. The van der Waals surface area contributed by atoms with Gasteiger partial charge in [-0.25, -0.2) is 0 Å². The number of aliphatic imine (C=N–C) groups is 1. The van der Waals surface area contributed by atoms with Crippen molar-refractivity contribution in [3.05, 3.63) is 12.7 Å². The third kappa shape index (κ3) is 7.80. The van der Waals surface area contributed by atoms with Crippen molar-refractivity contribution in [3.8, 4) is 0 Å². The SMILES string of the molecule is C=CCCCN(C)C(=NCC(C)CN1CCOCC1)NCC. The number of rotatable bonds is 9. The molecule has 22 heavy (non-hydrogen) atoms. The highest BCUT2D eigenvalue weighted by molar-refractivity contribution is 5.79. The van der Waals surface area contributed by atoms with Gasteiger partial charge in [-0.3, -0.25) is 9.89 Å². The van der Waals surface area contributed by atoms with Crippen molar-refractivity contribution in [1.82, 2.24) is 15.1 Å². The fraction of sp³-hybridized carbons (Fsp3) is 0.824. The van der Waals surface area contributed by atoms with E-state index in [0.717, 1.165) is 71.3 Å². The van der Waals surface area contributed by atoms with Gasteiger partial charge in [-0.15, -0.1) is 6.58 Å². The van der Waals surface area contributed by atoms with Crippen molar-refractivity contribution >= 4 is 5.96 Å². The smallest absolute Gasteiger partial charge is 0.193 e. The number of morpholine rings is 1. The van der Waals surface area contributed by atoms with Crippen LogP contribution in [0, 0.1) is 5.92 Å². The lowest BCUT2D eigenvalue weighted by Gasteiger charge is -2.29. The Kier molecular flexibility index (Phi) is 9.91. The molecule has 0 aromatic carbocycles. The summed E-state index contributed by atoms with van der Waals surface area (Å²) in [5.41, 5.74) is 0. The molecule has 1 aliphatic heterocycles. The molecule has 1 rings (SSSR count). The van der Waals surface area contributed by atoms with Gasteiger partial charge in [-0.1, -0.05) is 13.0 Å². The molecular weight excluding hydrogens is 276 g/mol. The zero-order valence-electron chi connectivity index (χ0n) is 14.7. The van der Waals surface area contributed by atoms with Crippen LogP contribution in [-0.4, -0.2) is 75.3 Å². The van der Waals surface area contributed by atoms with E-state index in [-0.39, 0.29) is 0 Å². The second-order valence-electron chi connectivity index (χ2n) is 6.07. The normalized spacial score (nSPS) is 18.0. The van der Waals surface area contributed by atoms with Gasteiger partial charge < -0.3 is 15.0 Å². The van der Waals surface area contributed by atoms with Gasteiger partial charge in [0, 0.05) is 46.3 Å². The summed E-state index contributed by atoms with van der Waals surface area (Å²) in [5, 5.41) is 3.38. The van der Waals surface area contributed by atoms with Crippen LogP contribution < -0.4 is 5.32 Å². The summed E-state index contributed by atoms with van der Waals surface area (Å²) in [6, 6.07) is 0. The number of guanidine groups is 1. The first-order valence-electron chi connectivity index (χ1n) is 8.57. The van der Waals surface area contributed by atoms with Crippen LogP contribution >= 0.6 is 0 Å². The summed E-state index contributed by atoms with van der Waals surface area (Å²) in [6.45, 7) is 15.9. The first-order chi connectivity index (χ1) is 10.7. The summed E-state index contributed by atoms with van der Waals surface area (Å²) >= 11 is 0. The van der Waals surface area contributed by atoms with Crippen molar-refractivity contribution in [3.63, 3.8) is 0 Å². The van der Waals surface area contributed by atoms with Gasteiger partial charge in [-0.2, -0.15) is 0 Å². The first kappa shape index (κ1) is 19.0. The summed E-state index contributed by atoms with van der Waals surface area (Å²) in [5.74, 6) is 1.58. The predicted molar refractivity (Wildman–Crippen MR) is 94.5 cm³/mol. The number of unbranched alkanes of at least 4 members (excludes halogenated alkanes) is 1. The molecule has 0 saturated carbocycles. The molecule has 1 fully saturated rings. The van der Waals surface area contributed by atoms with Crippen molar-refractivity contribution < 1.29 is 4.74 Å². The summed E-state index contributed by atoms with van der Waals surface area (Å²) in [6.07, 6.45) is 4.15. The van der Waals surface area contributed by atoms with Gasteiger partial charge in [0.15, 0.2) is 5.96 Å². The summed E-state index contributed by atoms with van der Waals surface area (Å²) < 4.78 is 5.40. The van der Waals surface area contributed by atoms with E-state index in [1.165, 1.54) is 0 Å². The lowest BCUT2D eigenvalue weighted by atomic mass is 10.1. The Balaban J connectivity index is 2.40. The predicted octanol–water partition coefficient (Wildman–Crippen LogP) is 1.82. The van der Waals surface area contributed by atoms with E-state index < -0.39 is 0 Å². The van der Waals surface area contributed by atoms with E-state index in [4.69, 9.17) is 9.73 Å². The number of nitrogens with zero attached hydrogens (tertiary/aromatic N) is 3. The first-order valence-corrected chi connectivity index (χ1v) is 8.57. The molecule has 1 saturated heterocycles. The molecule has 0 aromatic rings. The third-order valence-corrected chi connectivity index (χ3v) is 3.82. The fourth-order valence-corrected chi connectivity index (χ4v) is 2.57. The minimum absolute atomic E-state index is 0.563. The Labute approximate surface area is 136 Å². The van der Waals surface area contributed by atoms with Gasteiger partial charge in [0.1, 0.15) is 0 Å². The van der Waals surface area contributed by atoms with Crippen LogP contribution in [0.2, 0.25) is 0 Å². The van der Waals surface area contributed by atoms with E-state index in [1.54, 1.807) is 0 Å². The Morgan fingerprint density at radius 2 is 2.18 bits per heavy atom. The Hall–Kier alpha value is -1.07. The Morgan fingerprint density at radius 3 is 2.82 bits per heavy atom. The zero-order chi connectivity index (χ0) is 16.2. The Morgan fingerprint density at radius 1 is 1.45 bits per heavy atom. The molecule has 1 N–H and O–H groups in total. The molecule has 0 aromatic heterocycles. The third-order valence-electron chi connectivity index (χ3n) is 3.82. The van der Waals surface area contributed by atoms with Crippen LogP contribution in [0.25, 0.3) is 0 Å². The van der Waals surface area contributed by atoms with Gasteiger partial charge in [0.2, 0.25) is 0 Å². The van der Waals surface area contributed by atoms with E-state index in [9.17, 15) is 0 Å². The highest BCUT2D eigenvalue weighted by Gasteiger charge is 2.14. The van der Waals surface area contributed by atoms with Crippen molar-refractivity contribution in [2.24, 2.45) is 10.9 Å². The lowest BCUT2D eigenvalue weighted by Crippen LogP contribution is -2.41. The van der Waals surface area contributed by atoms with Gasteiger partial charge >= 0.3 is 0 Å². The molecule has 1 aliphatic rings. The number of allylic oxidation sites excluding steroid dienone is 1. The average molecular weight is 310 g/mol. The highest BCUT2D eigenvalue weighted by atomic mass is 16.5. The monoisotopic (exact) mass is 310 g/mol. The molecule has 1 atom stereocenters. The van der Waals surface area contributed by atoms with Crippen LogP contribution in [0.5, 0.6) is 0 Å². The Bertz CT molecular complexity index is 327. The van der Waals surface area contributed by atoms with Crippen molar-refractivity contribution in [2.45, 2.75) is 26.7 Å². The minimum Gasteiger partial charge on any atom is -0.379 e. The number of hydrogen-bond donors (Lipinski definition) is 1. The van der Waals surface area contributed by atoms with E-state index in [0.29, 0.717) is 5.92 Å². The van der Waals surface area contributed by atoms with Gasteiger partial charge in [0.05, 0.1) is 13.2 Å². The molecule has 5 nitrogen and oxygen atoms in total. The number of nitrogens with one attached hydrogen (secondary N) is 1. The van der Waals surface area contributed by atoms with Crippen LogP contribution in [0.4, 0.5) is 0 Å². The molecule has 5 heteroatoms. The quantitative estimate of drug-likeness (QED) is 0.305. The topological polar surface area (TPSA) is 40.1 Å². The maximum atomic E-state index is 5.40. The average Bonchev–Trinajstić information content (AvgIpc) is 2.52. The van der Waals surface area contributed by atoms with Crippen molar-refractivity contribution in [2.75, 3.05) is 59.5 Å². The number of hydrogen-bond acceptors (Lipinski definition) is 3. The van der Waals surface area contributed by atoms with Crippen LogP contribution in [0.3, 0.4) is 0 Å². The summed E-state index contributed by atoms with van der Waals surface area (Å²) in [4.78, 5) is 9.50.